The van der Waals surface area contributed by atoms with Crippen LogP contribution in [0.1, 0.15) is 81.2 Å². The normalized spacial score (nSPS) is 15.9. The lowest BCUT2D eigenvalue weighted by Crippen LogP contribution is -2.56. The number of nitrogens with one attached hydrogen (secondary N) is 3. The van der Waals surface area contributed by atoms with Crippen molar-refractivity contribution in [2.24, 2.45) is 17.8 Å². The molecule has 1 saturated carbocycles. The molecule has 0 radical (unpaired) electrons. The first kappa shape index (κ1) is 41.9. The Morgan fingerprint density at radius 3 is 1.98 bits per heavy atom. The summed E-state index contributed by atoms with van der Waals surface area (Å²) in [6.07, 6.45) is 9.22. The molecule has 1 aliphatic rings. The van der Waals surface area contributed by atoms with Gasteiger partial charge in [0.15, 0.2) is 6.10 Å². The Morgan fingerprint density at radius 1 is 0.857 bits per heavy atom. The van der Waals surface area contributed by atoms with Crippen LogP contribution in [0.2, 0.25) is 0 Å². The average molecular weight is 762 g/mol. The number of aliphatic hydroxyl groups excluding tert-OH is 1. The van der Waals surface area contributed by atoms with E-state index in [-0.39, 0.29) is 37.8 Å². The van der Waals surface area contributed by atoms with Gasteiger partial charge in [0.2, 0.25) is 5.91 Å². The van der Waals surface area contributed by atoms with E-state index in [1.54, 1.807) is 11.1 Å². The summed E-state index contributed by atoms with van der Waals surface area (Å²) in [5.74, 6) is -0.284. The van der Waals surface area contributed by atoms with Gasteiger partial charge in [-0.2, -0.15) is 0 Å². The molecule has 3 amide bonds. The number of ether oxygens (including phenoxy) is 1. The number of aromatic amines is 1. The molecule has 1 aliphatic carbocycles. The predicted octanol–water partition coefficient (Wildman–Crippen LogP) is 7.55. The molecular formula is C46H59N5O5. The van der Waals surface area contributed by atoms with Gasteiger partial charge >= 0.3 is 6.09 Å². The van der Waals surface area contributed by atoms with E-state index in [9.17, 15) is 19.5 Å². The minimum atomic E-state index is -1.25. The van der Waals surface area contributed by atoms with E-state index in [2.05, 4.69) is 41.0 Å². The fourth-order valence-corrected chi connectivity index (χ4v) is 7.56. The van der Waals surface area contributed by atoms with Gasteiger partial charge in [-0.1, -0.05) is 143 Å². The van der Waals surface area contributed by atoms with E-state index in [1.807, 2.05) is 97.1 Å². The zero-order valence-electron chi connectivity index (χ0n) is 32.9. The van der Waals surface area contributed by atoms with E-state index in [0.717, 1.165) is 42.4 Å². The monoisotopic (exact) mass is 761 g/mol. The molecule has 298 valence electrons. The summed E-state index contributed by atoms with van der Waals surface area (Å²) in [5.41, 5.74) is 3.28. The molecule has 5 rings (SSSR count). The van der Waals surface area contributed by atoms with Crippen LogP contribution in [-0.2, 0) is 40.3 Å². The summed E-state index contributed by atoms with van der Waals surface area (Å²) in [6.45, 7) is 8.75. The molecule has 4 N–H and O–H groups in total. The van der Waals surface area contributed by atoms with E-state index in [4.69, 9.17) is 4.74 Å². The molecule has 4 aromatic rings. The van der Waals surface area contributed by atoms with Crippen LogP contribution in [-0.4, -0.2) is 62.2 Å². The third-order valence-electron chi connectivity index (χ3n) is 10.9. The van der Waals surface area contributed by atoms with Crippen LogP contribution in [0.3, 0.4) is 0 Å². The Morgan fingerprint density at radius 2 is 1.45 bits per heavy atom. The SMILES string of the molecule is C=C[C@@H](C[C@H](O)[C@H](CC1CCCCC1)NC(=O)[C@H](Cc1cnc[nH]1)NC(=O)[C@H](Cc1ccccc1)OC(=O)N(Cc1ccccc1)Cc1ccccc1)C(C)C. The van der Waals surface area contributed by atoms with Crippen molar-refractivity contribution in [2.75, 3.05) is 0 Å². The van der Waals surface area contributed by atoms with Crippen LogP contribution >= 0.6 is 0 Å². The molecule has 0 aliphatic heterocycles. The molecule has 10 heteroatoms. The fourth-order valence-electron chi connectivity index (χ4n) is 7.56. The molecule has 56 heavy (non-hydrogen) atoms. The molecule has 0 spiro atoms. The van der Waals surface area contributed by atoms with E-state index < -0.39 is 42.2 Å². The zero-order chi connectivity index (χ0) is 39.7. The highest BCUT2D eigenvalue weighted by atomic mass is 16.6. The molecule has 1 fully saturated rings. The molecular weight excluding hydrogens is 703 g/mol. The van der Waals surface area contributed by atoms with Crippen molar-refractivity contribution in [2.45, 2.75) is 109 Å². The number of rotatable bonds is 20. The largest absolute Gasteiger partial charge is 0.436 e. The molecule has 1 aromatic heterocycles. The van der Waals surface area contributed by atoms with Gasteiger partial charge in [0.25, 0.3) is 5.91 Å². The Labute approximate surface area is 332 Å². The lowest BCUT2D eigenvalue weighted by atomic mass is 9.81. The van der Waals surface area contributed by atoms with Crippen molar-refractivity contribution in [3.8, 4) is 0 Å². The van der Waals surface area contributed by atoms with Crippen molar-refractivity contribution < 1.29 is 24.2 Å². The Balaban J connectivity index is 1.39. The zero-order valence-corrected chi connectivity index (χ0v) is 32.9. The average Bonchev–Trinajstić information content (AvgIpc) is 3.73. The van der Waals surface area contributed by atoms with Crippen LogP contribution in [0, 0.1) is 17.8 Å². The highest BCUT2D eigenvalue weighted by molar-refractivity contribution is 5.90. The van der Waals surface area contributed by atoms with Crippen molar-refractivity contribution in [3.05, 3.63) is 139 Å². The maximum absolute atomic E-state index is 14.4. The quantitative estimate of drug-likeness (QED) is 0.0687. The maximum atomic E-state index is 14.4. The number of aliphatic hydroxyl groups is 1. The summed E-state index contributed by atoms with van der Waals surface area (Å²) >= 11 is 0. The Hall–Kier alpha value is -5.22. The van der Waals surface area contributed by atoms with Crippen LogP contribution in [0.4, 0.5) is 4.79 Å². The lowest BCUT2D eigenvalue weighted by molar-refractivity contribution is -0.135. The van der Waals surface area contributed by atoms with Crippen molar-refractivity contribution in [1.82, 2.24) is 25.5 Å². The minimum absolute atomic E-state index is 0.0769. The predicted molar refractivity (Wildman–Crippen MR) is 219 cm³/mol. The standard InChI is InChI=1S/C46H59N5O5/c1-4-38(33(2)3)27-42(52)40(25-34-17-9-5-10-18-34)49-44(53)41(28-39-29-47-32-48-39)50-45(54)43(26-35-19-11-6-12-20-35)56-46(55)51(30-36-21-13-7-14-22-36)31-37-23-15-8-16-24-37/h4,6-8,11-16,19-24,29,32-34,38,40-43,52H,1,5,9-10,17-18,25-28,30-31H2,2-3H3,(H,47,48)(H,49,53)(H,50,54)/t38-,40-,41-,42-,43-/m0/s1. The highest BCUT2D eigenvalue weighted by Gasteiger charge is 2.34. The second kappa shape index (κ2) is 21.8. The van der Waals surface area contributed by atoms with Gasteiger partial charge in [0.05, 0.1) is 18.5 Å². The van der Waals surface area contributed by atoms with Gasteiger partial charge in [0, 0.05) is 37.8 Å². The number of H-pyrrole nitrogens is 1. The Bertz CT molecular complexity index is 1720. The van der Waals surface area contributed by atoms with E-state index in [0.29, 0.717) is 24.5 Å². The van der Waals surface area contributed by atoms with Crippen LogP contribution < -0.4 is 10.6 Å². The molecule has 0 bridgehead atoms. The van der Waals surface area contributed by atoms with Gasteiger partial charge in [-0.3, -0.25) is 14.5 Å². The number of imidazole rings is 1. The summed E-state index contributed by atoms with van der Waals surface area (Å²) in [6, 6.07) is 27.1. The van der Waals surface area contributed by atoms with Crippen LogP contribution in [0.15, 0.2) is 116 Å². The summed E-state index contributed by atoms with van der Waals surface area (Å²) in [4.78, 5) is 51.6. The number of amides is 3. The second-order valence-electron chi connectivity index (χ2n) is 15.5. The molecule has 10 nitrogen and oxygen atoms in total. The number of nitrogens with zero attached hydrogens (tertiary/aromatic N) is 2. The number of carbonyl (C=O) groups excluding carboxylic acids is 3. The molecule has 0 saturated heterocycles. The first-order chi connectivity index (χ1) is 27.2. The summed E-state index contributed by atoms with van der Waals surface area (Å²) in [5, 5.41) is 17.8. The van der Waals surface area contributed by atoms with Crippen molar-refractivity contribution >= 4 is 17.9 Å². The maximum Gasteiger partial charge on any atom is 0.411 e. The van der Waals surface area contributed by atoms with E-state index in [1.165, 1.54) is 12.7 Å². The third kappa shape index (κ3) is 13.2. The molecule has 5 atom stereocenters. The number of hydrogen-bond acceptors (Lipinski definition) is 6. The first-order valence-corrected chi connectivity index (χ1v) is 20.1. The van der Waals surface area contributed by atoms with Gasteiger partial charge in [-0.15, -0.1) is 6.58 Å². The van der Waals surface area contributed by atoms with Gasteiger partial charge in [-0.25, -0.2) is 9.78 Å². The number of hydrogen-bond donors (Lipinski definition) is 4. The van der Waals surface area contributed by atoms with Crippen LogP contribution in [0.5, 0.6) is 0 Å². The summed E-state index contributed by atoms with van der Waals surface area (Å²) < 4.78 is 6.11. The topological polar surface area (TPSA) is 137 Å². The number of aromatic nitrogens is 2. The lowest BCUT2D eigenvalue weighted by Gasteiger charge is -2.33. The van der Waals surface area contributed by atoms with E-state index >= 15 is 0 Å². The minimum Gasteiger partial charge on any atom is -0.436 e. The number of allylic oxidation sites excluding steroid dienone is 1. The van der Waals surface area contributed by atoms with Gasteiger partial charge in [0.1, 0.15) is 6.04 Å². The Kier molecular flexibility index (Phi) is 16.3. The van der Waals surface area contributed by atoms with Gasteiger partial charge < -0.3 is 25.5 Å². The third-order valence-corrected chi connectivity index (χ3v) is 10.9. The molecule has 3 aromatic carbocycles. The fraction of sp³-hybridized carbons (Fsp3) is 0.435. The number of carbonyl (C=O) groups is 3. The van der Waals surface area contributed by atoms with Crippen LogP contribution in [0.25, 0.3) is 0 Å². The van der Waals surface area contributed by atoms with Crippen molar-refractivity contribution in [1.29, 1.82) is 0 Å². The van der Waals surface area contributed by atoms with Gasteiger partial charge in [-0.05, 0) is 47.3 Å². The number of benzene rings is 3. The second-order valence-corrected chi connectivity index (χ2v) is 15.5. The summed E-state index contributed by atoms with van der Waals surface area (Å²) in [7, 11) is 0. The molecule has 0 unspecified atom stereocenters. The molecule has 1 heterocycles. The first-order valence-electron chi connectivity index (χ1n) is 20.1. The van der Waals surface area contributed by atoms with Crippen molar-refractivity contribution in [3.63, 3.8) is 0 Å². The highest BCUT2D eigenvalue weighted by Crippen LogP contribution is 2.30. The smallest absolute Gasteiger partial charge is 0.411 e.